The second kappa shape index (κ2) is 8.79. The van der Waals surface area contributed by atoms with E-state index in [0.29, 0.717) is 28.6 Å². The Labute approximate surface area is 172 Å². The highest BCUT2D eigenvalue weighted by atomic mass is 35.5. The number of esters is 2. The van der Waals surface area contributed by atoms with Gasteiger partial charge in [-0.05, 0) is 37.3 Å². The number of hydrogen-bond donors (Lipinski definition) is 0. The van der Waals surface area contributed by atoms with Crippen LogP contribution in [0.15, 0.2) is 48.5 Å². The zero-order chi connectivity index (χ0) is 21.0. The summed E-state index contributed by atoms with van der Waals surface area (Å²) in [4.78, 5) is 25.3. The molecule has 2 aromatic carbocycles. The Balaban J connectivity index is 2.39. The van der Waals surface area contributed by atoms with Crippen molar-refractivity contribution in [1.82, 2.24) is 9.78 Å². The number of carbonyl (C=O) groups excluding carboxylic acids is 2. The minimum Gasteiger partial charge on any atom is -0.493 e. The van der Waals surface area contributed by atoms with Crippen LogP contribution in [0.1, 0.15) is 27.8 Å². The van der Waals surface area contributed by atoms with Gasteiger partial charge in [-0.15, -0.1) is 0 Å². The zero-order valence-corrected chi connectivity index (χ0v) is 16.9. The summed E-state index contributed by atoms with van der Waals surface area (Å²) < 4.78 is 16.9. The summed E-state index contributed by atoms with van der Waals surface area (Å²) in [5.74, 6) is -0.992. The van der Waals surface area contributed by atoms with Crippen molar-refractivity contribution >= 4 is 23.5 Å². The summed E-state index contributed by atoms with van der Waals surface area (Å²) in [6, 6.07) is 13.9. The minimum atomic E-state index is -0.731. The van der Waals surface area contributed by atoms with E-state index < -0.39 is 11.9 Å². The fraction of sp³-hybridized carbons (Fsp3) is 0.190. The third kappa shape index (κ3) is 3.95. The van der Waals surface area contributed by atoms with Crippen LogP contribution in [-0.4, -0.2) is 42.5 Å². The monoisotopic (exact) mass is 414 g/mol. The first-order chi connectivity index (χ1) is 14.0. The second-order valence-electron chi connectivity index (χ2n) is 5.88. The summed E-state index contributed by atoms with van der Waals surface area (Å²) in [5, 5.41) is 4.97. The van der Waals surface area contributed by atoms with Gasteiger partial charge in [-0.3, -0.25) is 0 Å². The summed E-state index contributed by atoms with van der Waals surface area (Å²) >= 11 is 6.19. The van der Waals surface area contributed by atoms with Crippen LogP contribution in [0.4, 0.5) is 0 Å². The van der Waals surface area contributed by atoms with Crippen LogP contribution in [-0.2, 0) is 9.47 Å². The number of aromatic nitrogens is 2. The Bertz CT molecular complexity index is 1050. The fourth-order valence-corrected chi connectivity index (χ4v) is 3.08. The number of hydrogen-bond acceptors (Lipinski definition) is 6. The molecule has 0 aliphatic carbocycles. The van der Waals surface area contributed by atoms with Crippen molar-refractivity contribution in [3.05, 3.63) is 64.8 Å². The first-order valence-electron chi connectivity index (χ1n) is 8.79. The molecular formula is C21H19ClN2O5. The van der Waals surface area contributed by atoms with Gasteiger partial charge >= 0.3 is 11.9 Å². The van der Waals surface area contributed by atoms with Gasteiger partial charge in [-0.1, -0.05) is 29.8 Å². The molecule has 0 aliphatic rings. The van der Waals surface area contributed by atoms with Crippen LogP contribution < -0.4 is 4.74 Å². The smallest absolute Gasteiger partial charge is 0.357 e. The maximum Gasteiger partial charge on any atom is 0.357 e. The molecule has 150 valence electrons. The molecule has 0 fully saturated rings. The van der Waals surface area contributed by atoms with E-state index in [0.717, 1.165) is 0 Å². The Hall–Kier alpha value is -3.32. The van der Waals surface area contributed by atoms with Gasteiger partial charge in [0.05, 0.1) is 26.5 Å². The Morgan fingerprint density at radius 3 is 2.34 bits per heavy atom. The van der Waals surface area contributed by atoms with Crippen LogP contribution in [0.5, 0.6) is 5.75 Å². The van der Waals surface area contributed by atoms with E-state index in [1.165, 1.54) is 18.9 Å². The third-order valence-corrected chi connectivity index (χ3v) is 4.39. The number of nitrogens with zero attached hydrogens (tertiary/aromatic N) is 2. The lowest BCUT2D eigenvalue weighted by Gasteiger charge is -2.10. The van der Waals surface area contributed by atoms with E-state index >= 15 is 0 Å². The van der Waals surface area contributed by atoms with Gasteiger partial charge in [0, 0.05) is 10.6 Å². The van der Waals surface area contributed by atoms with Gasteiger partial charge in [0.25, 0.3) is 0 Å². The number of methoxy groups -OCH3 is 2. The molecule has 8 heteroatoms. The van der Waals surface area contributed by atoms with E-state index in [2.05, 4.69) is 5.10 Å². The first-order valence-corrected chi connectivity index (χ1v) is 9.17. The molecule has 1 aromatic heterocycles. The molecule has 0 saturated carbocycles. The number of halogens is 1. The maximum absolute atomic E-state index is 12.7. The van der Waals surface area contributed by atoms with Crippen LogP contribution in [0, 0.1) is 0 Å². The van der Waals surface area contributed by atoms with Gasteiger partial charge in [-0.25, -0.2) is 14.3 Å². The number of rotatable bonds is 6. The SMILES string of the molecule is CCOc1ccc(Cl)cc1-c1nn(-c2ccccc2)c(C(=O)OC)c1C(=O)OC. The highest BCUT2D eigenvalue weighted by Gasteiger charge is 2.32. The topological polar surface area (TPSA) is 79.7 Å². The lowest BCUT2D eigenvalue weighted by molar-refractivity contribution is 0.0549. The van der Waals surface area contributed by atoms with Crippen LogP contribution in [0.2, 0.25) is 5.02 Å². The molecule has 0 atom stereocenters. The number of benzene rings is 2. The largest absolute Gasteiger partial charge is 0.493 e. The van der Waals surface area contributed by atoms with Crippen molar-refractivity contribution in [3.63, 3.8) is 0 Å². The number of ether oxygens (including phenoxy) is 3. The molecule has 0 radical (unpaired) electrons. The van der Waals surface area contributed by atoms with Crippen LogP contribution in [0.25, 0.3) is 16.9 Å². The predicted octanol–water partition coefficient (Wildman–Crippen LogP) is 4.16. The molecule has 7 nitrogen and oxygen atoms in total. The molecule has 3 aromatic rings. The second-order valence-corrected chi connectivity index (χ2v) is 6.31. The van der Waals surface area contributed by atoms with Crippen molar-refractivity contribution in [2.75, 3.05) is 20.8 Å². The van der Waals surface area contributed by atoms with Crippen molar-refractivity contribution in [3.8, 4) is 22.7 Å². The standard InChI is InChI=1S/C21H19ClN2O5/c1-4-29-16-11-10-13(22)12-15(16)18-17(20(25)27-2)19(21(26)28-3)24(23-18)14-8-6-5-7-9-14/h5-12H,4H2,1-3H3. The van der Waals surface area contributed by atoms with Crippen molar-refractivity contribution in [2.24, 2.45) is 0 Å². The molecule has 3 rings (SSSR count). The van der Waals surface area contributed by atoms with E-state index in [4.69, 9.17) is 25.8 Å². The highest BCUT2D eigenvalue weighted by Crippen LogP contribution is 2.36. The normalized spacial score (nSPS) is 10.5. The van der Waals surface area contributed by atoms with E-state index in [1.54, 1.807) is 42.5 Å². The molecule has 1 heterocycles. The molecule has 29 heavy (non-hydrogen) atoms. The van der Waals surface area contributed by atoms with Crippen molar-refractivity contribution in [2.45, 2.75) is 6.92 Å². The molecule has 0 bridgehead atoms. The summed E-state index contributed by atoms with van der Waals surface area (Å²) in [6.45, 7) is 2.23. The first kappa shape index (κ1) is 20.4. The third-order valence-electron chi connectivity index (χ3n) is 4.15. The lowest BCUT2D eigenvalue weighted by Crippen LogP contribution is -2.15. The molecule has 0 N–H and O–H groups in total. The van der Waals surface area contributed by atoms with E-state index in [1.807, 2.05) is 13.0 Å². The molecular weight excluding hydrogens is 396 g/mol. The average Bonchev–Trinajstić information content (AvgIpc) is 3.15. The van der Waals surface area contributed by atoms with Crippen LogP contribution in [0.3, 0.4) is 0 Å². The highest BCUT2D eigenvalue weighted by molar-refractivity contribution is 6.31. The molecule has 0 spiro atoms. The average molecular weight is 415 g/mol. The Kier molecular flexibility index (Phi) is 6.19. The number of carbonyl (C=O) groups is 2. The number of para-hydroxylation sites is 1. The summed E-state index contributed by atoms with van der Waals surface area (Å²) in [5.41, 5.74) is 1.14. The molecule has 0 amide bonds. The quantitative estimate of drug-likeness (QED) is 0.563. The maximum atomic E-state index is 12.7. The van der Waals surface area contributed by atoms with E-state index in [-0.39, 0.29) is 17.0 Å². The van der Waals surface area contributed by atoms with Gasteiger partial charge < -0.3 is 14.2 Å². The molecule has 0 aliphatic heterocycles. The molecule has 0 unspecified atom stereocenters. The minimum absolute atomic E-state index is 0.0357. The van der Waals surface area contributed by atoms with Crippen molar-refractivity contribution < 1.29 is 23.8 Å². The van der Waals surface area contributed by atoms with Gasteiger partial charge in [0.15, 0.2) is 5.69 Å². The van der Waals surface area contributed by atoms with Crippen molar-refractivity contribution in [1.29, 1.82) is 0 Å². The predicted molar refractivity (Wildman–Crippen MR) is 108 cm³/mol. The Morgan fingerprint density at radius 2 is 1.72 bits per heavy atom. The van der Waals surface area contributed by atoms with Gasteiger partial charge in [0.2, 0.25) is 0 Å². The summed E-state index contributed by atoms with van der Waals surface area (Å²) in [6.07, 6.45) is 0. The van der Waals surface area contributed by atoms with Crippen LogP contribution >= 0.6 is 11.6 Å². The fourth-order valence-electron chi connectivity index (χ4n) is 2.91. The molecule has 0 saturated heterocycles. The van der Waals surface area contributed by atoms with Gasteiger partial charge in [0.1, 0.15) is 17.0 Å². The Morgan fingerprint density at radius 1 is 1.03 bits per heavy atom. The van der Waals surface area contributed by atoms with E-state index in [9.17, 15) is 9.59 Å². The lowest BCUT2D eigenvalue weighted by atomic mass is 10.0. The zero-order valence-electron chi connectivity index (χ0n) is 16.1. The summed E-state index contributed by atoms with van der Waals surface area (Å²) in [7, 11) is 2.46. The van der Waals surface area contributed by atoms with Gasteiger partial charge in [-0.2, -0.15) is 5.10 Å².